The number of esters is 1. The summed E-state index contributed by atoms with van der Waals surface area (Å²) < 4.78 is 5.42. The third-order valence-electron chi connectivity index (χ3n) is 4.40. The molecule has 0 saturated carbocycles. The van der Waals surface area contributed by atoms with Crippen LogP contribution in [0.4, 0.5) is 10.5 Å². The standard InChI is InChI=1S/C21H21N3O5/c1-13-7-9-15(10-8-13)22-20(27)18(14-5-3-2-4-6-14)29-17(25)12-11-16-19(26)24-21(28)23-16/h2-10,16,18H,11-12H2,1H3,(H,22,27)(H2,23,24,26,28)/t16-,18+/m0/s1. The van der Waals surface area contributed by atoms with E-state index in [1.165, 1.54) is 0 Å². The molecule has 0 radical (unpaired) electrons. The van der Waals surface area contributed by atoms with Gasteiger partial charge in [-0.15, -0.1) is 0 Å². The van der Waals surface area contributed by atoms with E-state index in [0.29, 0.717) is 11.3 Å². The van der Waals surface area contributed by atoms with Crippen LogP contribution in [0, 0.1) is 6.92 Å². The lowest BCUT2D eigenvalue weighted by Crippen LogP contribution is -2.30. The number of amides is 4. The molecule has 3 rings (SSSR count). The maximum Gasteiger partial charge on any atom is 0.322 e. The molecule has 1 heterocycles. The lowest BCUT2D eigenvalue weighted by molar-refractivity contribution is -0.155. The third kappa shape index (κ3) is 5.41. The number of rotatable bonds is 7. The quantitative estimate of drug-likeness (QED) is 0.491. The summed E-state index contributed by atoms with van der Waals surface area (Å²) in [5.41, 5.74) is 2.16. The Labute approximate surface area is 167 Å². The number of ether oxygens (including phenoxy) is 1. The molecular weight excluding hydrogens is 374 g/mol. The molecule has 1 aliphatic heterocycles. The Bertz CT molecular complexity index is 912. The number of anilines is 1. The van der Waals surface area contributed by atoms with Crippen LogP contribution in [0.1, 0.15) is 30.1 Å². The van der Waals surface area contributed by atoms with Gasteiger partial charge in [0.15, 0.2) is 0 Å². The van der Waals surface area contributed by atoms with Crippen molar-refractivity contribution in [1.82, 2.24) is 10.6 Å². The van der Waals surface area contributed by atoms with Gasteiger partial charge >= 0.3 is 12.0 Å². The van der Waals surface area contributed by atoms with Crippen LogP contribution >= 0.6 is 0 Å². The van der Waals surface area contributed by atoms with Crippen LogP contribution in [-0.2, 0) is 19.1 Å². The minimum absolute atomic E-state index is 0.0809. The van der Waals surface area contributed by atoms with Gasteiger partial charge < -0.3 is 15.4 Å². The number of carbonyl (C=O) groups is 4. The Morgan fingerprint density at radius 2 is 1.76 bits per heavy atom. The third-order valence-corrected chi connectivity index (χ3v) is 4.40. The Morgan fingerprint density at radius 3 is 2.38 bits per heavy atom. The lowest BCUT2D eigenvalue weighted by Gasteiger charge is -2.18. The van der Waals surface area contributed by atoms with Crippen molar-refractivity contribution >= 4 is 29.5 Å². The number of hydrogen-bond acceptors (Lipinski definition) is 5. The molecule has 3 N–H and O–H groups in total. The van der Waals surface area contributed by atoms with Gasteiger partial charge in [0.25, 0.3) is 11.8 Å². The average molecular weight is 395 g/mol. The van der Waals surface area contributed by atoms with E-state index in [1.807, 2.05) is 19.1 Å². The molecule has 0 unspecified atom stereocenters. The molecule has 2 atom stereocenters. The molecule has 2 aromatic carbocycles. The second-order valence-corrected chi connectivity index (χ2v) is 6.69. The van der Waals surface area contributed by atoms with Gasteiger partial charge in [-0.05, 0) is 25.5 Å². The lowest BCUT2D eigenvalue weighted by atomic mass is 10.1. The van der Waals surface area contributed by atoms with Crippen LogP contribution in [0.25, 0.3) is 0 Å². The summed E-state index contributed by atoms with van der Waals surface area (Å²) in [7, 11) is 0. The van der Waals surface area contributed by atoms with Crippen LogP contribution in [0.15, 0.2) is 54.6 Å². The number of urea groups is 1. The topological polar surface area (TPSA) is 114 Å². The summed E-state index contributed by atoms with van der Waals surface area (Å²) in [6.45, 7) is 1.94. The first-order valence-corrected chi connectivity index (χ1v) is 9.15. The fourth-order valence-electron chi connectivity index (χ4n) is 2.86. The van der Waals surface area contributed by atoms with Crippen molar-refractivity contribution in [2.24, 2.45) is 0 Å². The van der Waals surface area contributed by atoms with E-state index in [0.717, 1.165) is 5.56 Å². The molecule has 150 valence electrons. The van der Waals surface area contributed by atoms with Crippen molar-refractivity contribution in [2.45, 2.75) is 31.9 Å². The molecule has 0 aromatic heterocycles. The van der Waals surface area contributed by atoms with Gasteiger partial charge in [0, 0.05) is 17.7 Å². The van der Waals surface area contributed by atoms with Crippen LogP contribution in [-0.4, -0.2) is 29.9 Å². The van der Waals surface area contributed by atoms with E-state index >= 15 is 0 Å². The fourth-order valence-corrected chi connectivity index (χ4v) is 2.86. The summed E-state index contributed by atoms with van der Waals surface area (Å²) in [6, 6.07) is 14.5. The van der Waals surface area contributed by atoms with Crippen LogP contribution in [0.2, 0.25) is 0 Å². The predicted octanol–water partition coefficient (Wildman–Crippen LogP) is 2.21. The number of aryl methyl sites for hydroxylation is 1. The maximum absolute atomic E-state index is 12.8. The van der Waals surface area contributed by atoms with Gasteiger partial charge in [-0.25, -0.2) is 4.79 Å². The number of imide groups is 1. The van der Waals surface area contributed by atoms with Crippen molar-refractivity contribution < 1.29 is 23.9 Å². The zero-order chi connectivity index (χ0) is 20.8. The molecule has 0 bridgehead atoms. The minimum atomic E-state index is -1.14. The number of benzene rings is 2. The van der Waals surface area contributed by atoms with E-state index < -0.39 is 36.0 Å². The zero-order valence-electron chi connectivity index (χ0n) is 15.8. The summed E-state index contributed by atoms with van der Waals surface area (Å²) in [5, 5.41) is 7.26. The van der Waals surface area contributed by atoms with Gasteiger partial charge in [-0.3, -0.25) is 19.7 Å². The van der Waals surface area contributed by atoms with Crippen LogP contribution in [0.5, 0.6) is 0 Å². The SMILES string of the molecule is Cc1ccc(NC(=O)[C@H](OC(=O)CC[C@@H]2NC(=O)NC2=O)c2ccccc2)cc1. The van der Waals surface area contributed by atoms with E-state index in [9.17, 15) is 19.2 Å². The summed E-state index contributed by atoms with van der Waals surface area (Å²) in [5.74, 6) is -1.62. The van der Waals surface area contributed by atoms with Crippen LogP contribution in [0.3, 0.4) is 0 Å². The molecule has 8 heteroatoms. The van der Waals surface area contributed by atoms with E-state index in [4.69, 9.17) is 4.74 Å². The predicted molar refractivity (Wildman–Crippen MR) is 105 cm³/mol. The first-order valence-electron chi connectivity index (χ1n) is 9.15. The molecule has 2 aromatic rings. The molecule has 1 saturated heterocycles. The van der Waals surface area contributed by atoms with Gasteiger partial charge in [-0.2, -0.15) is 0 Å². The normalized spacial score (nSPS) is 16.5. The Morgan fingerprint density at radius 1 is 1.07 bits per heavy atom. The molecule has 8 nitrogen and oxygen atoms in total. The highest BCUT2D eigenvalue weighted by atomic mass is 16.5. The van der Waals surface area contributed by atoms with E-state index in [-0.39, 0.29) is 12.8 Å². The highest BCUT2D eigenvalue weighted by Gasteiger charge is 2.31. The first kappa shape index (κ1) is 20.1. The average Bonchev–Trinajstić information content (AvgIpc) is 3.04. The molecular formula is C21H21N3O5. The van der Waals surface area contributed by atoms with Crippen molar-refractivity contribution in [3.05, 3.63) is 65.7 Å². The second kappa shape index (κ2) is 9.01. The zero-order valence-corrected chi connectivity index (χ0v) is 15.8. The minimum Gasteiger partial charge on any atom is -0.447 e. The molecule has 1 fully saturated rings. The Balaban J connectivity index is 1.66. The molecule has 0 spiro atoms. The van der Waals surface area contributed by atoms with Crippen molar-refractivity contribution in [3.8, 4) is 0 Å². The Kier molecular flexibility index (Phi) is 6.23. The van der Waals surface area contributed by atoms with Gasteiger partial charge in [0.2, 0.25) is 6.10 Å². The first-order chi connectivity index (χ1) is 13.9. The van der Waals surface area contributed by atoms with Gasteiger partial charge in [0.05, 0.1) is 0 Å². The highest BCUT2D eigenvalue weighted by Crippen LogP contribution is 2.21. The number of hydrogen-bond donors (Lipinski definition) is 3. The smallest absolute Gasteiger partial charge is 0.322 e. The summed E-state index contributed by atoms with van der Waals surface area (Å²) in [4.78, 5) is 47.8. The monoisotopic (exact) mass is 395 g/mol. The number of nitrogens with one attached hydrogen (secondary N) is 3. The Hall–Kier alpha value is -3.68. The maximum atomic E-state index is 12.8. The molecule has 4 amide bonds. The van der Waals surface area contributed by atoms with Crippen molar-refractivity contribution in [3.63, 3.8) is 0 Å². The highest BCUT2D eigenvalue weighted by molar-refractivity contribution is 6.04. The van der Waals surface area contributed by atoms with E-state index in [2.05, 4.69) is 16.0 Å². The van der Waals surface area contributed by atoms with Crippen molar-refractivity contribution in [2.75, 3.05) is 5.32 Å². The molecule has 0 aliphatic carbocycles. The number of carbonyl (C=O) groups excluding carboxylic acids is 4. The fraction of sp³-hybridized carbons (Fsp3) is 0.238. The van der Waals surface area contributed by atoms with Crippen LogP contribution < -0.4 is 16.0 Å². The van der Waals surface area contributed by atoms with Gasteiger partial charge in [0.1, 0.15) is 6.04 Å². The molecule has 1 aliphatic rings. The largest absolute Gasteiger partial charge is 0.447 e. The van der Waals surface area contributed by atoms with E-state index in [1.54, 1.807) is 42.5 Å². The van der Waals surface area contributed by atoms with Crippen molar-refractivity contribution in [1.29, 1.82) is 0 Å². The summed E-state index contributed by atoms with van der Waals surface area (Å²) >= 11 is 0. The summed E-state index contributed by atoms with van der Waals surface area (Å²) in [6.07, 6.45) is -1.19. The molecule has 29 heavy (non-hydrogen) atoms. The van der Waals surface area contributed by atoms with Gasteiger partial charge in [-0.1, -0.05) is 48.0 Å². The second-order valence-electron chi connectivity index (χ2n) is 6.69.